The van der Waals surface area contributed by atoms with E-state index < -0.39 is 0 Å². The second-order valence-corrected chi connectivity index (χ2v) is 4.69. The van der Waals surface area contributed by atoms with Crippen LogP contribution in [0.3, 0.4) is 0 Å². The summed E-state index contributed by atoms with van der Waals surface area (Å²) in [6, 6.07) is 7.65. The summed E-state index contributed by atoms with van der Waals surface area (Å²) in [5, 5.41) is 2.87. The van der Waals surface area contributed by atoms with Crippen LogP contribution in [-0.4, -0.2) is 24.5 Å². The van der Waals surface area contributed by atoms with Gasteiger partial charge in [-0.25, -0.2) is 0 Å². The minimum atomic E-state index is 0.0796. The Labute approximate surface area is 100 Å². The van der Waals surface area contributed by atoms with Gasteiger partial charge < -0.3 is 5.32 Å². The van der Waals surface area contributed by atoms with E-state index in [1.165, 1.54) is 0 Å². The van der Waals surface area contributed by atoms with Crippen molar-refractivity contribution in [3.05, 3.63) is 29.8 Å². The van der Waals surface area contributed by atoms with Crippen LogP contribution >= 0.6 is 24.4 Å². The Bertz CT molecular complexity index is 311. The Hall–Kier alpha value is -0.610. The van der Waals surface area contributed by atoms with Gasteiger partial charge in [0.2, 0.25) is 5.91 Å². The molecule has 0 saturated heterocycles. The maximum Gasteiger partial charge on any atom is 0.224 e. The van der Waals surface area contributed by atoms with E-state index in [9.17, 15) is 4.79 Å². The number of hydrogen-bond acceptors (Lipinski definition) is 3. The van der Waals surface area contributed by atoms with Gasteiger partial charge in [-0.05, 0) is 24.0 Å². The monoisotopic (exact) mass is 241 g/mol. The van der Waals surface area contributed by atoms with E-state index in [-0.39, 0.29) is 5.91 Å². The number of amides is 1. The Balaban J connectivity index is 2.34. The summed E-state index contributed by atoms with van der Waals surface area (Å²) in [4.78, 5) is 12.4. The maximum atomic E-state index is 11.4. The molecule has 0 heterocycles. The maximum absolute atomic E-state index is 11.4. The molecule has 0 fully saturated rings. The molecule has 1 amide bonds. The number of carbonyl (C=O) groups excluding carboxylic acids is 1. The Morgan fingerprint density at radius 1 is 1.40 bits per heavy atom. The van der Waals surface area contributed by atoms with E-state index in [0.29, 0.717) is 6.42 Å². The van der Waals surface area contributed by atoms with E-state index in [0.717, 1.165) is 22.8 Å². The van der Waals surface area contributed by atoms with Crippen LogP contribution in [0, 0.1) is 0 Å². The van der Waals surface area contributed by atoms with Crippen molar-refractivity contribution >= 4 is 30.3 Å². The van der Waals surface area contributed by atoms with Crippen LogP contribution < -0.4 is 5.32 Å². The molecule has 0 atom stereocenters. The fourth-order valence-corrected chi connectivity index (χ4v) is 1.61. The molecule has 1 N–H and O–H groups in total. The summed E-state index contributed by atoms with van der Waals surface area (Å²) in [5.74, 6) is 1.04. The van der Waals surface area contributed by atoms with Gasteiger partial charge in [-0.15, -0.1) is 12.6 Å². The third-order valence-electron chi connectivity index (χ3n) is 1.93. The number of hydrogen-bond donors (Lipinski definition) is 2. The number of rotatable bonds is 5. The van der Waals surface area contributed by atoms with E-state index in [1.54, 1.807) is 11.8 Å². The van der Waals surface area contributed by atoms with Crippen molar-refractivity contribution in [1.82, 2.24) is 5.32 Å². The van der Waals surface area contributed by atoms with E-state index in [1.807, 2.05) is 30.5 Å². The normalized spacial score (nSPS) is 10.0. The number of benzene rings is 1. The molecular weight excluding hydrogens is 226 g/mol. The molecule has 0 aliphatic heterocycles. The van der Waals surface area contributed by atoms with Crippen molar-refractivity contribution in [3.63, 3.8) is 0 Å². The standard InChI is InChI=1S/C11H15NOS2/c1-15-7-6-12-11(13)8-9-2-4-10(14)5-3-9/h2-5,14H,6-8H2,1H3,(H,12,13). The Morgan fingerprint density at radius 2 is 2.07 bits per heavy atom. The number of thiol groups is 1. The summed E-state index contributed by atoms with van der Waals surface area (Å²) in [7, 11) is 0. The van der Waals surface area contributed by atoms with Gasteiger partial charge in [0.05, 0.1) is 6.42 Å². The molecule has 0 bridgehead atoms. The first-order valence-corrected chi connectivity index (χ1v) is 6.60. The highest BCUT2D eigenvalue weighted by Crippen LogP contribution is 2.08. The zero-order valence-electron chi connectivity index (χ0n) is 8.69. The average Bonchev–Trinajstić information content (AvgIpc) is 2.22. The van der Waals surface area contributed by atoms with Crippen LogP contribution in [0.4, 0.5) is 0 Å². The van der Waals surface area contributed by atoms with Crippen molar-refractivity contribution in [2.45, 2.75) is 11.3 Å². The molecule has 0 aromatic heterocycles. The fraction of sp³-hybridized carbons (Fsp3) is 0.364. The topological polar surface area (TPSA) is 29.1 Å². The van der Waals surface area contributed by atoms with Gasteiger partial charge >= 0.3 is 0 Å². The highest BCUT2D eigenvalue weighted by molar-refractivity contribution is 7.98. The minimum Gasteiger partial charge on any atom is -0.355 e. The molecule has 0 spiro atoms. The van der Waals surface area contributed by atoms with Crippen molar-refractivity contribution < 1.29 is 4.79 Å². The molecule has 0 radical (unpaired) electrons. The van der Waals surface area contributed by atoms with Crippen LogP contribution in [0.5, 0.6) is 0 Å². The van der Waals surface area contributed by atoms with Gasteiger partial charge in [-0.1, -0.05) is 12.1 Å². The predicted octanol–water partition coefficient (Wildman–Crippen LogP) is 2.00. The van der Waals surface area contributed by atoms with Crippen LogP contribution in [-0.2, 0) is 11.2 Å². The molecule has 0 unspecified atom stereocenters. The molecule has 1 rings (SSSR count). The minimum absolute atomic E-state index is 0.0796. The summed E-state index contributed by atoms with van der Waals surface area (Å²) < 4.78 is 0. The second kappa shape index (κ2) is 6.80. The summed E-state index contributed by atoms with van der Waals surface area (Å²) in [6.07, 6.45) is 2.47. The van der Waals surface area contributed by atoms with Crippen molar-refractivity contribution in [2.24, 2.45) is 0 Å². The lowest BCUT2D eigenvalue weighted by Crippen LogP contribution is -2.27. The molecule has 1 aromatic carbocycles. The van der Waals surface area contributed by atoms with Gasteiger partial charge in [0.25, 0.3) is 0 Å². The molecule has 4 heteroatoms. The van der Waals surface area contributed by atoms with Crippen LogP contribution in [0.2, 0.25) is 0 Å². The lowest BCUT2D eigenvalue weighted by atomic mass is 10.1. The van der Waals surface area contributed by atoms with E-state index >= 15 is 0 Å². The Kier molecular flexibility index (Phi) is 5.65. The molecule has 0 saturated carbocycles. The highest BCUT2D eigenvalue weighted by Gasteiger charge is 2.01. The smallest absolute Gasteiger partial charge is 0.224 e. The number of thioether (sulfide) groups is 1. The summed E-state index contributed by atoms with van der Waals surface area (Å²) in [6.45, 7) is 0.741. The van der Waals surface area contributed by atoms with Gasteiger partial charge in [0.1, 0.15) is 0 Å². The quantitative estimate of drug-likeness (QED) is 0.610. The van der Waals surface area contributed by atoms with Gasteiger partial charge in [0.15, 0.2) is 0 Å². The molecule has 15 heavy (non-hydrogen) atoms. The highest BCUT2D eigenvalue weighted by atomic mass is 32.2. The van der Waals surface area contributed by atoms with Crippen molar-refractivity contribution in [2.75, 3.05) is 18.6 Å². The zero-order valence-corrected chi connectivity index (χ0v) is 10.4. The zero-order chi connectivity index (χ0) is 11.1. The third kappa shape index (κ3) is 5.14. The van der Waals surface area contributed by atoms with Crippen molar-refractivity contribution in [1.29, 1.82) is 0 Å². The predicted molar refractivity (Wildman–Crippen MR) is 68.8 cm³/mol. The second-order valence-electron chi connectivity index (χ2n) is 3.19. The SMILES string of the molecule is CSCCNC(=O)Cc1ccc(S)cc1. The van der Waals surface area contributed by atoms with Gasteiger partial charge in [-0.3, -0.25) is 4.79 Å². The number of carbonyl (C=O) groups is 1. The molecule has 1 aromatic rings. The molecule has 0 aliphatic rings. The average molecular weight is 241 g/mol. The van der Waals surface area contributed by atoms with Gasteiger partial charge in [-0.2, -0.15) is 11.8 Å². The van der Waals surface area contributed by atoms with E-state index in [2.05, 4.69) is 17.9 Å². The van der Waals surface area contributed by atoms with Crippen LogP contribution in [0.25, 0.3) is 0 Å². The summed E-state index contributed by atoms with van der Waals surface area (Å²) in [5.41, 5.74) is 1.02. The molecule has 0 aliphatic carbocycles. The van der Waals surface area contributed by atoms with Gasteiger partial charge in [0, 0.05) is 17.2 Å². The fourth-order valence-electron chi connectivity index (χ4n) is 1.15. The first kappa shape index (κ1) is 12.5. The number of nitrogens with one attached hydrogen (secondary N) is 1. The first-order chi connectivity index (χ1) is 7.22. The molecule has 82 valence electrons. The Morgan fingerprint density at radius 3 is 2.67 bits per heavy atom. The van der Waals surface area contributed by atoms with Crippen molar-refractivity contribution in [3.8, 4) is 0 Å². The van der Waals surface area contributed by atoms with Crippen LogP contribution in [0.15, 0.2) is 29.2 Å². The third-order valence-corrected chi connectivity index (χ3v) is 2.84. The van der Waals surface area contributed by atoms with E-state index in [4.69, 9.17) is 0 Å². The first-order valence-electron chi connectivity index (χ1n) is 4.76. The lowest BCUT2D eigenvalue weighted by Gasteiger charge is -2.04. The lowest BCUT2D eigenvalue weighted by molar-refractivity contribution is -0.120. The summed E-state index contributed by atoms with van der Waals surface area (Å²) >= 11 is 5.92. The molecule has 2 nitrogen and oxygen atoms in total. The molecular formula is C11H15NOS2. The largest absolute Gasteiger partial charge is 0.355 e. The van der Waals surface area contributed by atoms with Crippen LogP contribution in [0.1, 0.15) is 5.56 Å².